The van der Waals surface area contributed by atoms with Crippen LogP contribution in [0.2, 0.25) is 0 Å². The molecule has 2 heterocycles. The van der Waals surface area contributed by atoms with E-state index >= 15 is 0 Å². The van der Waals surface area contributed by atoms with Gasteiger partial charge in [-0.1, -0.05) is 44.5 Å². The Hall–Kier alpha value is -2.38. The van der Waals surface area contributed by atoms with Crippen LogP contribution in [0.3, 0.4) is 0 Å². The summed E-state index contributed by atoms with van der Waals surface area (Å²) in [6.07, 6.45) is 5.15. The highest BCUT2D eigenvalue weighted by Crippen LogP contribution is 2.42. The van der Waals surface area contributed by atoms with Crippen molar-refractivity contribution in [2.45, 2.75) is 75.8 Å². The molecule has 2 aromatic rings. The lowest BCUT2D eigenvalue weighted by Crippen LogP contribution is -2.44. The second-order valence-electron chi connectivity index (χ2n) is 9.21. The molecule has 4 rings (SSSR count). The van der Waals surface area contributed by atoms with Gasteiger partial charge in [0.1, 0.15) is 11.4 Å². The van der Waals surface area contributed by atoms with Gasteiger partial charge >= 0.3 is 0 Å². The molecule has 7 heteroatoms. The van der Waals surface area contributed by atoms with Crippen molar-refractivity contribution in [1.29, 1.82) is 0 Å². The Morgan fingerprint density at radius 3 is 2.48 bits per heavy atom. The maximum absolute atomic E-state index is 13.3. The zero-order valence-electron chi connectivity index (χ0n) is 19.8. The lowest BCUT2D eigenvalue weighted by Gasteiger charge is -2.41. The number of amides is 1. The van der Waals surface area contributed by atoms with Gasteiger partial charge in [0.15, 0.2) is 0 Å². The summed E-state index contributed by atoms with van der Waals surface area (Å²) in [7, 11) is -3.62. The Morgan fingerprint density at radius 1 is 1.09 bits per heavy atom. The highest BCUT2D eigenvalue weighted by atomic mass is 32.2. The van der Waals surface area contributed by atoms with Gasteiger partial charge in [-0.05, 0) is 56.4 Å². The maximum atomic E-state index is 13.3. The average molecular weight is 471 g/mol. The minimum atomic E-state index is -3.62. The number of rotatable bonds is 6. The lowest BCUT2D eigenvalue weighted by molar-refractivity contribution is 0.0227. The van der Waals surface area contributed by atoms with E-state index in [9.17, 15) is 13.2 Å². The van der Waals surface area contributed by atoms with Crippen LogP contribution in [0.4, 0.5) is 0 Å². The third kappa shape index (κ3) is 4.66. The van der Waals surface area contributed by atoms with E-state index in [4.69, 9.17) is 4.74 Å². The largest absolute Gasteiger partial charge is 0.487 e. The van der Waals surface area contributed by atoms with Crippen LogP contribution >= 0.6 is 0 Å². The van der Waals surface area contributed by atoms with E-state index in [2.05, 4.69) is 19.2 Å². The summed E-state index contributed by atoms with van der Waals surface area (Å²) in [5, 5.41) is 3.17. The first-order valence-corrected chi connectivity index (χ1v) is 13.4. The van der Waals surface area contributed by atoms with Crippen molar-refractivity contribution < 1.29 is 17.9 Å². The van der Waals surface area contributed by atoms with E-state index < -0.39 is 10.0 Å². The van der Waals surface area contributed by atoms with E-state index in [1.807, 2.05) is 24.3 Å². The Labute approximate surface area is 197 Å². The minimum Gasteiger partial charge on any atom is -0.487 e. The van der Waals surface area contributed by atoms with Gasteiger partial charge in [0.2, 0.25) is 10.0 Å². The molecule has 2 aliphatic heterocycles. The Morgan fingerprint density at radius 2 is 1.79 bits per heavy atom. The highest BCUT2D eigenvalue weighted by molar-refractivity contribution is 7.89. The molecule has 0 radical (unpaired) electrons. The Kier molecular flexibility index (Phi) is 6.82. The van der Waals surface area contributed by atoms with E-state index in [0.29, 0.717) is 30.6 Å². The molecule has 6 nitrogen and oxygen atoms in total. The standard InChI is InChI=1S/C26H34N2O4S/c1-4-26(5-2)18-22(21-11-7-8-12-23(21)32-26)27-25(29)20-14-13-19(3)24(17-20)33(30,31)28-15-9-6-10-16-28/h7-8,11-14,17,22H,4-6,9-10,15-16,18H2,1-3H3,(H,27,29). The number of aryl methyl sites for hydroxylation is 1. The van der Waals surface area contributed by atoms with Gasteiger partial charge in [-0.15, -0.1) is 0 Å². The van der Waals surface area contributed by atoms with Crippen molar-refractivity contribution in [3.8, 4) is 5.75 Å². The molecule has 1 saturated heterocycles. The number of hydrogen-bond acceptors (Lipinski definition) is 4. The first kappa shape index (κ1) is 23.8. The van der Waals surface area contributed by atoms with Gasteiger partial charge < -0.3 is 10.1 Å². The molecule has 0 bridgehead atoms. The molecule has 1 N–H and O–H groups in total. The number of para-hydroxylation sites is 1. The zero-order valence-corrected chi connectivity index (χ0v) is 20.6. The molecule has 0 aliphatic carbocycles. The number of carbonyl (C=O) groups excluding carboxylic acids is 1. The van der Waals surface area contributed by atoms with Crippen LogP contribution in [0, 0.1) is 6.92 Å². The number of sulfonamides is 1. The number of piperidine rings is 1. The monoisotopic (exact) mass is 470 g/mol. The molecule has 0 saturated carbocycles. The molecule has 1 atom stereocenters. The fourth-order valence-corrected chi connectivity index (χ4v) is 6.70. The van der Waals surface area contributed by atoms with Crippen molar-refractivity contribution in [2.75, 3.05) is 13.1 Å². The second-order valence-corrected chi connectivity index (χ2v) is 11.1. The SMILES string of the molecule is CCC1(CC)CC(NC(=O)c2ccc(C)c(S(=O)(=O)N3CCCCC3)c2)c2ccccc2O1. The first-order chi connectivity index (χ1) is 15.8. The van der Waals surface area contributed by atoms with Crippen molar-refractivity contribution in [3.63, 3.8) is 0 Å². The van der Waals surface area contributed by atoms with Gasteiger partial charge in [-0.2, -0.15) is 4.31 Å². The molecule has 2 aliphatic rings. The summed E-state index contributed by atoms with van der Waals surface area (Å²) in [6, 6.07) is 12.6. The van der Waals surface area contributed by atoms with E-state index in [1.165, 1.54) is 6.07 Å². The first-order valence-electron chi connectivity index (χ1n) is 12.0. The molecule has 1 amide bonds. The van der Waals surface area contributed by atoms with Crippen molar-refractivity contribution >= 4 is 15.9 Å². The van der Waals surface area contributed by atoms with Crippen LogP contribution < -0.4 is 10.1 Å². The van der Waals surface area contributed by atoms with Gasteiger partial charge in [0.25, 0.3) is 5.91 Å². The number of nitrogens with zero attached hydrogens (tertiary/aromatic N) is 1. The van der Waals surface area contributed by atoms with Crippen LogP contribution in [-0.2, 0) is 10.0 Å². The molecule has 1 unspecified atom stereocenters. The average Bonchev–Trinajstić information content (AvgIpc) is 2.84. The van der Waals surface area contributed by atoms with Crippen LogP contribution in [0.5, 0.6) is 5.75 Å². The summed E-state index contributed by atoms with van der Waals surface area (Å²) in [5.74, 6) is 0.530. The summed E-state index contributed by atoms with van der Waals surface area (Å²) >= 11 is 0. The number of carbonyl (C=O) groups is 1. The predicted octanol–water partition coefficient (Wildman–Crippen LogP) is 4.98. The van der Waals surface area contributed by atoms with Gasteiger partial charge in [0.05, 0.1) is 10.9 Å². The van der Waals surface area contributed by atoms with Crippen molar-refractivity contribution in [2.24, 2.45) is 0 Å². The van der Waals surface area contributed by atoms with E-state index in [-0.39, 0.29) is 22.4 Å². The smallest absolute Gasteiger partial charge is 0.251 e. The molecule has 0 aromatic heterocycles. The summed E-state index contributed by atoms with van der Waals surface area (Å²) in [6.45, 7) is 7.06. The molecule has 2 aromatic carbocycles. The Balaban J connectivity index is 1.62. The third-order valence-electron chi connectivity index (χ3n) is 7.17. The molecule has 33 heavy (non-hydrogen) atoms. The highest BCUT2D eigenvalue weighted by Gasteiger charge is 2.39. The number of nitrogens with one attached hydrogen (secondary N) is 1. The van der Waals surface area contributed by atoms with Crippen molar-refractivity contribution in [3.05, 3.63) is 59.2 Å². The number of ether oxygens (including phenoxy) is 1. The second kappa shape index (κ2) is 9.47. The maximum Gasteiger partial charge on any atom is 0.251 e. The van der Waals surface area contributed by atoms with Crippen LogP contribution in [0.1, 0.15) is 79.9 Å². The normalized spacial score (nSPS) is 20.5. The fraction of sp³-hybridized carbons (Fsp3) is 0.500. The Bertz CT molecular complexity index is 1120. The number of benzene rings is 2. The molecular weight excluding hydrogens is 436 g/mol. The van der Waals surface area contributed by atoms with Gasteiger partial charge in [0, 0.05) is 30.6 Å². The van der Waals surface area contributed by atoms with Crippen LogP contribution in [0.25, 0.3) is 0 Å². The van der Waals surface area contributed by atoms with Gasteiger partial charge in [-0.25, -0.2) is 8.42 Å². The van der Waals surface area contributed by atoms with E-state index in [1.54, 1.807) is 23.4 Å². The van der Waals surface area contributed by atoms with Crippen LogP contribution in [0.15, 0.2) is 47.4 Å². The molecule has 178 valence electrons. The van der Waals surface area contributed by atoms with E-state index in [0.717, 1.165) is 43.4 Å². The quantitative estimate of drug-likeness (QED) is 0.646. The molecule has 1 fully saturated rings. The van der Waals surface area contributed by atoms with Crippen LogP contribution in [-0.4, -0.2) is 37.3 Å². The van der Waals surface area contributed by atoms with Crippen molar-refractivity contribution in [1.82, 2.24) is 9.62 Å². The molecular formula is C26H34N2O4S. The molecule has 0 spiro atoms. The summed E-state index contributed by atoms with van der Waals surface area (Å²) in [4.78, 5) is 13.5. The zero-order chi connectivity index (χ0) is 23.6. The summed E-state index contributed by atoms with van der Waals surface area (Å²) < 4.78 is 34.4. The minimum absolute atomic E-state index is 0.203. The third-order valence-corrected chi connectivity index (χ3v) is 9.21. The number of fused-ring (bicyclic) bond motifs is 1. The topological polar surface area (TPSA) is 75.7 Å². The lowest BCUT2D eigenvalue weighted by atomic mass is 9.83. The predicted molar refractivity (Wildman–Crippen MR) is 129 cm³/mol. The van der Waals surface area contributed by atoms with Gasteiger partial charge in [-0.3, -0.25) is 4.79 Å². The fourth-order valence-electron chi connectivity index (χ4n) is 4.94. The number of hydrogen-bond donors (Lipinski definition) is 1. The summed E-state index contributed by atoms with van der Waals surface area (Å²) in [5.41, 5.74) is 1.64.